The maximum atomic E-state index is 12.1. The molecular formula is C21H24N2O3. The van der Waals surface area contributed by atoms with Crippen LogP contribution in [0.4, 0.5) is 0 Å². The van der Waals surface area contributed by atoms with Crippen LogP contribution in [0.3, 0.4) is 0 Å². The van der Waals surface area contributed by atoms with Gasteiger partial charge in [0, 0.05) is 38.0 Å². The van der Waals surface area contributed by atoms with E-state index in [1.807, 2.05) is 0 Å². The molecule has 0 bridgehead atoms. The Morgan fingerprint density at radius 2 is 1.81 bits per heavy atom. The predicted molar refractivity (Wildman–Crippen MR) is 100 cm³/mol. The van der Waals surface area contributed by atoms with E-state index < -0.39 is 0 Å². The number of Topliss-reactive ketones (excluding diaryl/α,β-unsaturated/α-hetero) is 1. The summed E-state index contributed by atoms with van der Waals surface area (Å²) < 4.78 is 5.08. The number of ether oxygens (including phenoxy) is 1. The van der Waals surface area contributed by atoms with Gasteiger partial charge in [-0.1, -0.05) is 18.2 Å². The number of amides is 1. The molecule has 5 heteroatoms. The molecule has 0 saturated carbocycles. The molecule has 136 valence electrons. The van der Waals surface area contributed by atoms with Crippen molar-refractivity contribution >= 4 is 11.7 Å². The van der Waals surface area contributed by atoms with E-state index in [4.69, 9.17) is 4.74 Å². The van der Waals surface area contributed by atoms with Gasteiger partial charge < -0.3 is 15.4 Å². The van der Waals surface area contributed by atoms with Crippen molar-refractivity contribution in [1.82, 2.24) is 10.6 Å². The molecule has 0 spiro atoms. The Kier molecular flexibility index (Phi) is 6.02. The van der Waals surface area contributed by atoms with Crippen molar-refractivity contribution in [2.24, 2.45) is 0 Å². The zero-order chi connectivity index (χ0) is 18.4. The van der Waals surface area contributed by atoms with Crippen molar-refractivity contribution < 1.29 is 14.3 Å². The van der Waals surface area contributed by atoms with Crippen LogP contribution in [0.1, 0.15) is 46.3 Å². The molecule has 3 rings (SSSR count). The third-order valence-electron chi connectivity index (χ3n) is 4.61. The molecule has 0 atom stereocenters. The SMILES string of the molecule is COc1ccc(C(=O)CCCC(=O)NCc2ccc3c(c2)CNC3)cc1. The lowest BCUT2D eigenvalue weighted by atomic mass is 10.0. The van der Waals surface area contributed by atoms with Crippen molar-refractivity contribution in [1.29, 1.82) is 0 Å². The summed E-state index contributed by atoms with van der Waals surface area (Å²) in [7, 11) is 1.59. The van der Waals surface area contributed by atoms with Crippen LogP contribution in [-0.4, -0.2) is 18.8 Å². The van der Waals surface area contributed by atoms with E-state index in [9.17, 15) is 9.59 Å². The zero-order valence-electron chi connectivity index (χ0n) is 15.0. The topological polar surface area (TPSA) is 67.4 Å². The average molecular weight is 352 g/mol. The number of hydrogen-bond donors (Lipinski definition) is 2. The summed E-state index contributed by atoms with van der Waals surface area (Å²) in [5.74, 6) is 0.751. The Bertz CT molecular complexity index is 784. The second-order valence-electron chi connectivity index (χ2n) is 6.49. The average Bonchev–Trinajstić information content (AvgIpc) is 3.14. The van der Waals surface area contributed by atoms with Gasteiger partial charge in [-0.3, -0.25) is 9.59 Å². The molecule has 1 amide bonds. The number of methoxy groups -OCH3 is 1. The number of benzene rings is 2. The minimum atomic E-state index is -0.0221. The Hall–Kier alpha value is -2.66. The molecule has 0 unspecified atom stereocenters. The fourth-order valence-electron chi connectivity index (χ4n) is 3.08. The van der Waals surface area contributed by atoms with Crippen LogP contribution in [0.15, 0.2) is 42.5 Å². The van der Waals surface area contributed by atoms with Gasteiger partial charge in [-0.05, 0) is 47.4 Å². The summed E-state index contributed by atoms with van der Waals surface area (Å²) in [5.41, 5.74) is 4.40. The Morgan fingerprint density at radius 1 is 1.04 bits per heavy atom. The highest BCUT2D eigenvalue weighted by atomic mass is 16.5. The van der Waals surface area contributed by atoms with Crippen molar-refractivity contribution in [3.63, 3.8) is 0 Å². The molecule has 26 heavy (non-hydrogen) atoms. The first-order valence-corrected chi connectivity index (χ1v) is 8.91. The monoisotopic (exact) mass is 352 g/mol. The van der Waals surface area contributed by atoms with Crippen LogP contribution in [-0.2, 0) is 24.4 Å². The normalized spacial score (nSPS) is 12.5. The Morgan fingerprint density at radius 3 is 2.58 bits per heavy atom. The van der Waals surface area contributed by atoms with Gasteiger partial charge in [-0.2, -0.15) is 0 Å². The molecule has 0 fully saturated rings. The van der Waals surface area contributed by atoms with E-state index >= 15 is 0 Å². The summed E-state index contributed by atoms with van der Waals surface area (Å²) in [4.78, 5) is 24.1. The third-order valence-corrected chi connectivity index (χ3v) is 4.61. The molecule has 0 aliphatic carbocycles. The van der Waals surface area contributed by atoms with Crippen LogP contribution in [0.5, 0.6) is 5.75 Å². The van der Waals surface area contributed by atoms with Gasteiger partial charge in [0.15, 0.2) is 5.78 Å². The van der Waals surface area contributed by atoms with Gasteiger partial charge in [0.25, 0.3) is 0 Å². The number of fused-ring (bicyclic) bond motifs is 1. The summed E-state index contributed by atoms with van der Waals surface area (Å²) >= 11 is 0. The fourth-order valence-corrected chi connectivity index (χ4v) is 3.08. The third kappa shape index (κ3) is 4.70. The van der Waals surface area contributed by atoms with Crippen molar-refractivity contribution in [2.75, 3.05) is 7.11 Å². The van der Waals surface area contributed by atoms with E-state index in [-0.39, 0.29) is 11.7 Å². The number of rotatable bonds is 8. The van der Waals surface area contributed by atoms with Gasteiger partial charge in [0.1, 0.15) is 5.75 Å². The summed E-state index contributed by atoms with van der Waals surface area (Å²) in [6.07, 6.45) is 1.27. The fraction of sp³-hybridized carbons (Fsp3) is 0.333. The lowest BCUT2D eigenvalue weighted by Gasteiger charge is -2.07. The molecule has 2 aromatic carbocycles. The highest BCUT2D eigenvalue weighted by Gasteiger charge is 2.11. The molecule has 5 nitrogen and oxygen atoms in total. The molecule has 1 heterocycles. The van der Waals surface area contributed by atoms with Gasteiger partial charge >= 0.3 is 0 Å². The first-order valence-electron chi connectivity index (χ1n) is 8.91. The molecule has 1 aliphatic rings. The quantitative estimate of drug-likeness (QED) is 0.717. The molecular weight excluding hydrogens is 328 g/mol. The molecule has 0 saturated heterocycles. The standard InChI is InChI=1S/C21H24N2O3/c1-26-19-9-7-16(8-10-19)20(24)3-2-4-21(25)23-12-15-5-6-17-13-22-14-18(17)11-15/h5-11,22H,2-4,12-14H2,1H3,(H,23,25). The Balaban J connectivity index is 1.39. The lowest BCUT2D eigenvalue weighted by Crippen LogP contribution is -2.22. The van der Waals surface area contributed by atoms with E-state index in [0.717, 1.165) is 24.4 Å². The minimum absolute atomic E-state index is 0.0221. The number of carbonyl (C=O) groups is 2. The maximum Gasteiger partial charge on any atom is 0.220 e. The number of nitrogens with one attached hydrogen (secondary N) is 2. The summed E-state index contributed by atoms with van der Waals surface area (Å²) in [5, 5.41) is 6.24. The highest BCUT2D eigenvalue weighted by molar-refractivity contribution is 5.96. The van der Waals surface area contributed by atoms with E-state index in [1.54, 1.807) is 31.4 Å². The van der Waals surface area contributed by atoms with E-state index in [1.165, 1.54) is 11.1 Å². The van der Waals surface area contributed by atoms with Crippen molar-refractivity contribution in [2.45, 2.75) is 38.9 Å². The lowest BCUT2D eigenvalue weighted by molar-refractivity contribution is -0.121. The first-order chi connectivity index (χ1) is 12.7. The zero-order valence-corrected chi connectivity index (χ0v) is 15.0. The van der Waals surface area contributed by atoms with Crippen LogP contribution >= 0.6 is 0 Å². The highest BCUT2D eigenvalue weighted by Crippen LogP contribution is 2.17. The van der Waals surface area contributed by atoms with Gasteiger partial charge in [0.05, 0.1) is 7.11 Å². The van der Waals surface area contributed by atoms with Crippen LogP contribution < -0.4 is 15.4 Å². The molecule has 0 radical (unpaired) electrons. The minimum Gasteiger partial charge on any atom is -0.497 e. The van der Waals surface area contributed by atoms with Crippen LogP contribution in [0.2, 0.25) is 0 Å². The maximum absolute atomic E-state index is 12.1. The molecule has 1 aliphatic heterocycles. The molecule has 2 aromatic rings. The molecule has 0 aromatic heterocycles. The van der Waals surface area contributed by atoms with E-state index in [2.05, 4.69) is 28.8 Å². The Labute approximate surface area is 153 Å². The number of ketones is 1. The second kappa shape index (κ2) is 8.63. The number of hydrogen-bond acceptors (Lipinski definition) is 4. The van der Waals surface area contributed by atoms with Gasteiger partial charge in [-0.15, -0.1) is 0 Å². The predicted octanol–water partition coefficient (Wildman–Crippen LogP) is 2.97. The second-order valence-corrected chi connectivity index (χ2v) is 6.49. The van der Waals surface area contributed by atoms with Crippen molar-refractivity contribution in [3.05, 3.63) is 64.7 Å². The van der Waals surface area contributed by atoms with Gasteiger partial charge in [0.2, 0.25) is 5.91 Å². The summed E-state index contributed by atoms with van der Waals surface area (Å²) in [6.45, 7) is 2.34. The molecule has 2 N–H and O–H groups in total. The van der Waals surface area contributed by atoms with E-state index in [0.29, 0.717) is 31.4 Å². The smallest absolute Gasteiger partial charge is 0.220 e. The van der Waals surface area contributed by atoms with Gasteiger partial charge in [-0.25, -0.2) is 0 Å². The van der Waals surface area contributed by atoms with Crippen LogP contribution in [0.25, 0.3) is 0 Å². The largest absolute Gasteiger partial charge is 0.497 e. The van der Waals surface area contributed by atoms with Crippen LogP contribution in [0, 0.1) is 0 Å². The number of carbonyl (C=O) groups excluding carboxylic acids is 2. The van der Waals surface area contributed by atoms with Crippen molar-refractivity contribution in [3.8, 4) is 5.75 Å². The summed E-state index contributed by atoms with van der Waals surface area (Å²) in [6, 6.07) is 13.4. The first kappa shape index (κ1) is 18.1.